The number of nitrogens with one attached hydrogen (secondary N) is 1. The maximum absolute atomic E-state index is 10.0. The van der Waals surface area contributed by atoms with Crippen molar-refractivity contribution in [2.75, 3.05) is 0 Å². The molecule has 33 heavy (non-hydrogen) atoms. The van der Waals surface area contributed by atoms with Gasteiger partial charge < -0.3 is 25.3 Å². The molecule has 0 fully saturated rings. The highest BCUT2D eigenvalue weighted by atomic mass is 16.5. The van der Waals surface area contributed by atoms with Crippen LogP contribution in [0.25, 0.3) is 21.8 Å². The summed E-state index contributed by atoms with van der Waals surface area (Å²) in [5.74, 6) is 1.33. The number of fused-ring (bicyclic) bond motifs is 2. The van der Waals surface area contributed by atoms with Crippen molar-refractivity contribution >= 4 is 27.6 Å². The zero-order chi connectivity index (χ0) is 22.9. The molecule has 0 aliphatic heterocycles. The fourth-order valence-electron chi connectivity index (χ4n) is 4.02. The van der Waals surface area contributed by atoms with Crippen LogP contribution < -0.4 is 10.5 Å². The Bertz CT molecular complexity index is 1480. The Morgan fingerprint density at radius 1 is 0.939 bits per heavy atom. The molecule has 2 heterocycles. The molecule has 5 N–H and O–H groups in total. The largest absolute Gasteiger partial charge is 0.457 e. The number of nitrogen functional groups attached to an aromatic ring is 1. The molecule has 0 saturated carbocycles. The molecule has 0 aliphatic rings. The van der Waals surface area contributed by atoms with Crippen molar-refractivity contribution in [1.29, 1.82) is 5.41 Å². The fraction of sp³-hybridized carbons (Fsp3) is 0.0769. The number of aliphatic hydroxyl groups excluding tert-OH is 1. The average molecular weight is 438 g/mol. The summed E-state index contributed by atoms with van der Waals surface area (Å²) < 4.78 is 7.86. The molecule has 3 aromatic carbocycles. The van der Waals surface area contributed by atoms with E-state index in [0.717, 1.165) is 33.2 Å². The summed E-state index contributed by atoms with van der Waals surface area (Å²) in [5, 5.41) is 30.4. The minimum absolute atomic E-state index is 0.149. The number of hydrogen-bond donors (Lipinski definition) is 4. The first kappa shape index (κ1) is 20.7. The maximum Gasteiger partial charge on any atom is 0.194 e. The van der Waals surface area contributed by atoms with E-state index in [9.17, 15) is 10.2 Å². The monoisotopic (exact) mass is 438 g/mol. The third kappa shape index (κ3) is 3.91. The SMILES string of the molecule is N=C(N)c1ccc2cc(C(O)O)n(Cc3ccc(Oc4ccccc4)c4ccccc34)c2n1. The average Bonchev–Trinajstić information content (AvgIpc) is 3.19. The van der Waals surface area contributed by atoms with Gasteiger partial charge in [0.2, 0.25) is 0 Å². The van der Waals surface area contributed by atoms with Gasteiger partial charge in [0.05, 0.1) is 12.2 Å². The first-order chi connectivity index (χ1) is 16.0. The number of aliphatic hydroxyl groups is 2. The number of nitrogens with two attached hydrogens (primary N) is 1. The van der Waals surface area contributed by atoms with E-state index < -0.39 is 6.29 Å². The standard InChI is InChI=1S/C26H22N4O3/c27-24(28)21-12-10-16-14-22(26(31)32)30(25(16)29-21)15-17-11-13-23(20-9-5-4-8-19(17)20)33-18-6-2-1-3-7-18/h1-14,26,31-32H,15H2,(H3,27,28). The summed E-state index contributed by atoms with van der Waals surface area (Å²) in [4.78, 5) is 4.49. The molecular weight excluding hydrogens is 416 g/mol. The predicted octanol–water partition coefficient (Wildman–Crippen LogP) is 4.30. The molecule has 0 radical (unpaired) electrons. The van der Waals surface area contributed by atoms with Gasteiger partial charge in [0.1, 0.15) is 28.7 Å². The lowest BCUT2D eigenvalue weighted by Crippen LogP contribution is -2.14. The summed E-state index contributed by atoms with van der Waals surface area (Å²) in [6.07, 6.45) is -1.67. The van der Waals surface area contributed by atoms with Crippen LogP contribution in [-0.2, 0) is 6.54 Å². The molecule has 0 bridgehead atoms. The second-order valence-corrected chi connectivity index (χ2v) is 7.74. The minimum atomic E-state index is -1.67. The molecule has 0 atom stereocenters. The van der Waals surface area contributed by atoms with Crippen molar-refractivity contribution < 1.29 is 14.9 Å². The number of para-hydroxylation sites is 1. The van der Waals surface area contributed by atoms with Gasteiger partial charge in [-0.1, -0.05) is 48.5 Å². The summed E-state index contributed by atoms with van der Waals surface area (Å²) in [6, 6.07) is 26.5. The molecule has 0 saturated heterocycles. The van der Waals surface area contributed by atoms with Gasteiger partial charge in [-0.15, -0.1) is 0 Å². The van der Waals surface area contributed by atoms with E-state index in [-0.39, 0.29) is 5.84 Å². The number of nitrogens with zero attached hydrogens (tertiary/aromatic N) is 2. The van der Waals surface area contributed by atoms with Gasteiger partial charge in [-0.05, 0) is 47.3 Å². The van der Waals surface area contributed by atoms with Gasteiger partial charge in [0.25, 0.3) is 0 Å². The van der Waals surface area contributed by atoms with Crippen LogP contribution in [0.3, 0.4) is 0 Å². The van der Waals surface area contributed by atoms with Crippen LogP contribution in [0.2, 0.25) is 0 Å². The quantitative estimate of drug-likeness (QED) is 0.179. The third-order valence-corrected chi connectivity index (χ3v) is 5.59. The molecule has 0 unspecified atom stereocenters. The topological polar surface area (TPSA) is 117 Å². The fourth-order valence-corrected chi connectivity index (χ4v) is 4.02. The lowest BCUT2D eigenvalue weighted by molar-refractivity contribution is -0.0478. The number of hydrogen-bond acceptors (Lipinski definition) is 5. The van der Waals surface area contributed by atoms with Crippen molar-refractivity contribution in [1.82, 2.24) is 9.55 Å². The van der Waals surface area contributed by atoms with Gasteiger partial charge in [-0.2, -0.15) is 0 Å². The van der Waals surface area contributed by atoms with E-state index >= 15 is 0 Å². The molecule has 5 aromatic rings. The van der Waals surface area contributed by atoms with Crippen molar-refractivity contribution in [2.45, 2.75) is 12.8 Å². The molecule has 0 aliphatic carbocycles. The summed E-state index contributed by atoms with van der Waals surface area (Å²) >= 11 is 0. The van der Waals surface area contributed by atoms with Gasteiger partial charge in [-0.25, -0.2) is 4.98 Å². The minimum Gasteiger partial charge on any atom is -0.457 e. The smallest absolute Gasteiger partial charge is 0.194 e. The first-order valence-electron chi connectivity index (χ1n) is 10.5. The van der Waals surface area contributed by atoms with Crippen LogP contribution in [-0.4, -0.2) is 25.6 Å². The molecule has 2 aromatic heterocycles. The second kappa shape index (κ2) is 8.38. The Hall–Kier alpha value is -4.20. The number of pyridine rings is 1. The Kier molecular flexibility index (Phi) is 5.26. The van der Waals surface area contributed by atoms with Crippen LogP contribution in [0.15, 0.2) is 84.9 Å². The van der Waals surface area contributed by atoms with E-state index in [1.807, 2.05) is 66.7 Å². The van der Waals surface area contributed by atoms with Crippen molar-refractivity contribution in [3.8, 4) is 11.5 Å². The lowest BCUT2D eigenvalue weighted by atomic mass is 10.0. The van der Waals surface area contributed by atoms with Gasteiger partial charge in [0.15, 0.2) is 6.29 Å². The highest BCUT2D eigenvalue weighted by molar-refractivity contribution is 5.95. The van der Waals surface area contributed by atoms with Gasteiger partial charge in [-0.3, -0.25) is 5.41 Å². The van der Waals surface area contributed by atoms with Crippen LogP contribution in [0, 0.1) is 5.41 Å². The normalized spacial score (nSPS) is 11.4. The number of amidine groups is 1. The maximum atomic E-state index is 10.0. The van der Waals surface area contributed by atoms with Crippen molar-refractivity contribution in [3.05, 3.63) is 102 Å². The number of aromatic nitrogens is 2. The molecule has 7 heteroatoms. The van der Waals surface area contributed by atoms with Crippen LogP contribution >= 0.6 is 0 Å². The van der Waals surface area contributed by atoms with E-state index in [4.69, 9.17) is 15.9 Å². The molecular formula is C26H22N4O3. The van der Waals surface area contributed by atoms with Crippen LogP contribution in [0.1, 0.15) is 23.2 Å². The third-order valence-electron chi connectivity index (χ3n) is 5.59. The van der Waals surface area contributed by atoms with Gasteiger partial charge in [0, 0.05) is 10.8 Å². The van der Waals surface area contributed by atoms with E-state index in [1.165, 1.54) is 0 Å². The first-order valence-corrected chi connectivity index (χ1v) is 10.5. The second-order valence-electron chi connectivity index (χ2n) is 7.74. The molecule has 164 valence electrons. The molecule has 0 amide bonds. The highest BCUT2D eigenvalue weighted by Gasteiger charge is 2.18. The number of rotatable bonds is 6. The van der Waals surface area contributed by atoms with Crippen molar-refractivity contribution in [3.63, 3.8) is 0 Å². The van der Waals surface area contributed by atoms with E-state index in [2.05, 4.69) is 4.98 Å². The number of benzene rings is 3. The molecule has 0 spiro atoms. The predicted molar refractivity (Wildman–Crippen MR) is 127 cm³/mol. The number of ether oxygens (including phenoxy) is 1. The zero-order valence-electron chi connectivity index (χ0n) is 17.6. The Morgan fingerprint density at radius 2 is 1.67 bits per heavy atom. The molecule has 7 nitrogen and oxygen atoms in total. The van der Waals surface area contributed by atoms with Gasteiger partial charge >= 0.3 is 0 Å². The Balaban J connectivity index is 1.62. The van der Waals surface area contributed by atoms with E-state index in [1.54, 1.807) is 22.8 Å². The van der Waals surface area contributed by atoms with E-state index in [0.29, 0.717) is 23.6 Å². The van der Waals surface area contributed by atoms with Crippen molar-refractivity contribution in [2.24, 2.45) is 5.73 Å². The zero-order valence-corrected chi connectivity index (χ0v) is 17.6. The lowest BCUT2D eigenvalue weighted by Gasteiger charge is -2.16. The van der Waals surface area contributed by atoms with Crippen LogP contribution in [0.5, 0.6) is 11.5 Å². The summed E-state index contributed by atoms with van der Waals surface area (Å²) in [6.45, 7) is 0.344. The molecule has 5 rings (SSSR count). The Labute approximate surface area is 189 Å². The summed E-state index contributed by atoms with van der Waals surface area (Å²) in [7, 11) is 0. The Morgan fingerprint density at radius 3 is 2.39 bits per heavy atom. The van der Waals surface area contributed by atoms with Crippen LogP contribution in [0.4, 0.5) is 0 Å². The summed E-state index contributed by atoms with van der Waals surface area (Å²) in [5.41, 5.74) is 7.76. The highest BCUT2D eigenvalue weighted by Crippen LogP contribution is 2.33.